The predicted octanol–water partition coefficient (Wildman–Crippen LogP) is 1.21. The third-order valence-electron chi connectivity index (χ3n) is 2.58. The van der Waals surface area contributed by atoms with Crippen LogP contribution in [0.2, 0.25) is 0 Å². The molecule has 1 aromatic carbocycles. The fourth-order valence-corrected chi connectivity index (χ4v) is 2.60. The lowest BCUT2D eigenvalue weighted by Gasteiger charge is -2.06. The quantitative estimate of drug-likeness (QED) is 0.655. The lowest BCUT2D eigenvalue weighted by molar-refractivity contribution is 0.0683. The van der Waals surface area contributed by atoms with Crippen molar-refractivity contribution in [3.63, 3.8) is 0 Å². The summed E-state index contributed by atoms with van der Waals surface area (Å²) in [4.78, 5) is 23.5. The van der Waals surface area contributed by atoms with Gasteiger partial charge in [0.15, 0.2) is 0 Å². The molecule has 1 aromatic heterocycles. The second-order valence-corrected chi connectivity index (χ2v) is 5.72. The molecule has 0 radical (unpaired) electrons. The second kappa shape index (κ2) is 5.29. The Morgan fingerprint density at radius 2 is 1.67 bits per heavy atom. The van der Waals surface area contributed by atoms with Crippen LogP contribution < -0.4 is 4.72 Å². The summed E-state index contributed by atoms with van der Waals surface area (Å²) in [6, 6.07) is 6.08. The number of hydrogen-bond acceptors (Lipinski definition) is 4. The van der Waals surface area contributed by atoms with Crippen molar-refractivity contribution in [2.45, 2.75) is 4.90 Å². The van der Waals surface area contributed by atoms with E-state index in [-0.39, 0.29) is 21.8 Å². The summed E-state index contributed by atoms with van der Waals surface area (Å²) in [5.41, 5.74) is -0.0672. The summed E-state index contributed by atoms with van der Waals surface area (Å²) in [6.07, 6.45) is 1.05. The summed E-state index contributed by atoms with van der Waals surface area (Å²) in [7, 11) is -3.95. The fourth-order valence-electron chi connectivity index (χ4n) is 1.55. The topological polar surface area (TPSA) is 137 Å². The minimum absolute atomic E-state index is 0.0211. The van der Waals surface area contributed by atoms with Crippen molar-refractivity contribution < 1.29 is 28.2 Å². The van der Waals surface area contributed by atoms with E-state index in [1.54, 1.807) is 0 Å². The van der Waals surface area contributed by atoms with Crippen molar-refractivity contribution in [2.24, 2.45) is 0 Å². The number of sulfonamides is 1. The van der Waals surface area contributed by atoms with Gasteiger partial charge in [0.05, 0.1) is 5.56 Å². The van der Waals surface area contributed by atoms with Gasteiger partial charge in [0.1, 0.15) is 10.6 Å². The number of benzene rings is 1. The molecule has 2 rings (SSSR count). The highest BCUT2D eigenvalue weighted by molar-refractivity contribution is 7.92. The minimum Gasteiger partial charge on any atom is -0.478 e. The van der Waals surface area contributed by atoms with Crippen molar-refractivity contribution in [1.82, 2.24) is 4.98 Å². The molecule has 9 heteroatoms. The maximum atomic E-state index is 12.0. The van der Waals surface area contributed by atoms with Gasteiger partial charge >= 0.3 is 11.9 Å². The van der Waals surface area contributed by atoms with Gasteiger partial charge in [0, 0.05) is 11.9 Å². The van der Waals surface area contributed by atoms with Crippen LogP contribution in [0.1, 0.15) is 20.8 Å². The molecule has 1 heterocycles. The number of hydrogen-bond donors (Lipinski definition) is 4. The number of aromatic amines is 1. The highest BCUT2D eigenvalue weighted by Crippen LogP contribution is 2.17. The lowest BCUT2D eigenvalue weighted by atomic mass is 10.2. The van der Waals surface area contributed by atoms with Crippen molar-refractivity contribution in [3.05, 3.63) is 47.8 Å². The number of anilines is 1. The zero-order chi connectivity index (χ0) is 15.6. The predicted molar refractivity (Wildman–Crippen MR) is 72.0 cm³/mol. The Labute approximate surface area is 119 Å². The van der Waals surface area contributed by atoms with Gasteiger partial charge in [-0.05, 0) is 30.3 Å². The zero-order valence-electron chi connectivity index (χ0n) is 10.4. The molecule has 0 unspecified atom stereocenters. The number of rotatable bonds is 5. The average Bonchev–Trinajstić information content (AvgIpc) is 2.89. The van der Waals surface area contributed by atoms with Gasteiger partial charge in [-0.3, -0.25) is 4.72 Å². The van der Waals surface area contributed by atoms with Crippen molar-refractivity contribution in [2.75, 3.05) is 4.72 Å². The Balaban J connectivity index is 2.24. The molecule has 0 spiro atoms. The average molecular weight is 310 g/mol. The second-order valence-electron chi connectivity index (χ2n) is 4.04. The van der Waals surface area contributed by atoms with Crippen LogP contribution in [0.5, 0.6) is 0 Å². The number of carboxylic acid groups (broad SMARTS) is 2. The van der Waals surface area contributed by atoms with E-state index in [1.807, 2.05) is 0 Å². The maximum absolute atomic E-state index is 12.0. The first kappa shape index (κ1) is 14.6. The third kappa shape index (κ3) is 3.20. The number of aromatic carboxylic acids is 2. The number of H-pyrrole nitrogens is 1. The Hall–Kier alpha value is -2.81. The van der Waals surface area contributed by atoms with E-state index in [1.165, 1.54) is 24.3 Å². The Morgan fingerprint density at radius 3 is 2.14 bits per heavy atom. The Morgan fingerprint density at radius 1 is 1.05 bits per heavy atom. The van der Waals surface area contributed by atoms with Crippen molar-refractivity contribution in [3.8, 4) is 0 Å². The van der Waals surface area contributed by atoms with E-state index in [4.69, 9.17) is 10.2 Å². The number of carbonyl (C=O) groups is 2. The van der Waals surface area contributed by atoms with E-state index < -0.39 is 22.0 Å². The number of nitrogens with one attached hydrogen (secondary N) is 2. The molecule has 0 aliphatic heterocycles. The minimum atomic E-state index is -3.95. The number of aromatic nitrogens is 1. The van der Waals surface area contributed by atoms with Crippen LogP contribution in [0.15, 0.2) is 41.4 Å². The first-order valence-electron chi connectivity index (χ1n) is 5.57. The summed E-state index contributed by atoms with van der Waals surface area (Å²) in [6.45, 7) is 0. The van der Waals surface area contributed by atoms with Gasteiger partial charge in [0.25, 0.3) is 10.0 Å². The first-order chi connectivity index (χ1) is 9.79. The molecule has 21 heavy (non-hydrogen) atoms. The summed E-state index contributed by atoms with van der Waals surface area (Å²) in [5.74, 6) is -2.40. The van der Waals surface area contributed by atoms with Crippen molar-refractivity contribution in [1.29, 1.82) is 0 Å². The van der Waals surface area contributed by atoms with Crippen LogP contribution in [0, 0.1) is 0 Å². The molecule has 0 amide bonds. The Bertz CT molecular complexity index is 791. The van der Waals surface area contributed by atoms with E-state index >= 15 is 0 Å². The third-order valence-corrected chi connectivity index (χ3v) is 3.94. The maximum Gasteiger partial charge on any atom is 0.352 e. The molecule has 0 saturated heterocycles. The number of carboxylic acids is 2. The van der Waals surface area contributed by atoms with E-state index in [9.17, 15) is 18.0 Å². The molecule has 0 bridgehead atoms. The van der Waals surface area contributed by atoms with Crippen LogP contribution >= 0.6 is 0 Å². The monoisotopic (exact) mass is 310 g/mol. The molecule has 4 N–H and O–H groups in total. The molecule has 0 saturated carbocycles. The molecule has 0 atom stereocenters. The molecule has 0 fully saturated rings. The molecule has 8 nitrogen and oxygen atoms in total. The van der Waals surface area contributed by atoms with Gasteiger partial charge < -0.3 is 15.2 Å². The van der Waals surface area contributed by atoms with Crippen molar-refractivity contribution >= 4 is 27.6 Å². The van der Waals surface area contributed by atoms with Crippen LogP contribution in [0.3, 0.4) is 0 Å². The van der Waals surface area contributed by atoms with Gasteiger partial charge in [-0.25, -0.2) is 18.0 Å². The zero-order valence-corrected chi connectivity index (χ0v) is 11.2. The van der Waals surface area contributed by atoms with E-state index in [2.05, 4.69) is 9.71 Å². The van der Waals surface area contributed by atoms with Crippen LogP contribution in [0.4, 0.5) is 5.69 Å². The van der Waals surface area contributed by atoms with Gasteiger partial charge in [0.2, 0.25) is 0 Å². The standard InChI is InChI=1S/C12H10N2O6S/c15-11(16)7-1-3-8(4-2-7)14-21(19,20)9-5-10(12(17)18)13-6-9/h1-6,13-14H,(H,15,16)(H,17,18). The summed E-state index contributed by atoms with van der Waals surface area (Å²) >= 11 is 0. The Kier molecular flexibility index (Phi) is 3.68. The van der Waals surface area contributed by atoms with Crippen LogP contribution in [0.25, 0.3) is 0 Å². The summed E-state index contributed by atoms with van der Waals surface area (Å²) < 4.78 is 26.3. The highest BCUT2D eigenvalue weighted by Gasteiger charge is 2.18. The first-order valence-corrected chi connectivity index (χ1v) is 7.06. The molecule has 2 aromatic rings. The van der Waals surface area contributed by atoms with Gasteiger partial charge in [-0.2, -0.15) is 0 Å². The molecular weight excluding hydrogens is 300 g/mol. The SMILES string of the molecule is O=C(O)c1ccc(NS(=O)(=O)c2c[nH]c(C(=O)O)c2)cc1. The molecular formula is C12H10N2O6S. The molecule has 0 aliphatic rings. The van der Waals surface area contributed by atoms with Crippen LogP contribution in [-0.2, 0) is 10.0 Å². The van der Waals surface area contributed by atoms with Crippen LogP contribution in [-0.4, -0.2) is 35.6 Å². The normalized spacial score (nSPS) is 11.0. The molecule has 0 aliphatic carbocycles. The largest absolute Gasteiger partial charge is 0.478 e. The lowest BCUT2D eigenvalue weighted by Crippen LogP contribution is -2.12. The smallest absolute Gasteiger partial charge is 0.352 e. The van der Waals surface area contributed by atoms with E-state index in [0.29, 0.717) is 0 Å². The van der Waals surface area contributed by atoms with Gasteiger partial charge in [-0.1, -0.05) is 0 Å². The van der Waals surface area contributed by atoms with Gasteiger partial charge in [-0.15, -0.1) is 0 Å². The van der Waals surface area contributed by atoms with E-state index in [0.717, 1.165) is 12.3 Å². The molecule has 110 valence electrons. The summed E-state index contributed by atoms with van der Waals surface area (Å²) in [5, 5.41) is 17.5. The fraction of sp³-hybridized carbons (Fsp3) is 0. The highest BCUT2D eigenvalue weighted by atomic mass is 32.2.